The molecule has 4 atom stereocenters. The molecule has 0 N–H and O–H groups in total. The summed E-state index contributed by atoms with van der Waals surface area (Å²) in [5, 5.41) is 0. The van der Waals surface area contributed by atoms with E-state index in [-0.39, 0.29) is 30.0 Å². The van der Waals surface area contributed by atoms with Gasteiger partial charge in [0.05, 0.1) is 25.9 Å². The van der Waals surface area contributed by atoms with Crippen LogP contribution in [-0.2, 0) is 29.2 Å². The number of carbonyl (C=O) groups excluding carboxylic acids is 1. The van der Waals surface area contributed by atoms with Crippen LogP contribution in [-0.4, -0.2) is 58.4 Å². The van der Waals surface area contributed by atoms with E-state index in [1.165, 1.54) is 7.11 Å². The number of carbonyl (C=O) groups is 1. The minimum absolute atomic E-state index is 0.129. The Balaban J connectivity index is 1.98. The number of hydrogen-bond donors (Lipinski definition) is 0. The third-order valence-electron chi connectivity index (χ3n) is 6.41. The highest BCUT2D eigenvalue weighted by atomic mass is 127. The van der Waals surface area contributed by atoms with E-state index in [4.69, 9.17) is 8.92 Å². The van der Waals surface area contributed by atoms with Gasteiger partial charge in [-0.25, -0.2) is 0 Å². The zero-order valence-corrected chi connectivity index (χ0v) is 19.5. The average molecular weight is 521 g/mol. The van der Waals surface area contributed by atoms with Crippen LogP contribution in [0.25, 0.3) is 0 Å². The smallest absolute Gasteiger partial charge is 0.311 e. The van der Waals surface area contributed by atoms with E-state index >= 15 is 0 Å². The van der Waals surface area contributed by atoms with Crippen molar-refractivity contribution >= 4 is 38.7 Å². The number of piperidine rings is 1. The molecule has 2 aliphatic heterocycles. The van der Waals surface area contributed by atoms with Crippen molar-refractivity contribution in [3.8, 4) is 0 Å². The van der Waals surface area contributed by atoms with Gasteiger partial charge in [-0.15, -0.1) is 0 Å². The fourth-order valence-corrected chi connectivity index (χ4v) is 5.97. The van der Waals surface area contributed by atoms with Crippen LogP contribution < -0.4 is 0 Å². The molecule has 2 unspecified atom stereocenters. The molecule has 0 saturated carbocycles. The van der Waals surface area contributed by atoms with Crippen molar-refractivity contribution in [3.63, 3.8) is 0 Å². The summed E-state index contributed by atoms with van der Waals surface area (Å²) in [6, 6.07) is 8.92. The molecule has 2 aliphatic rings. The first-order valence-corrected chi connectivity index (χ1v) is 12.5. The Morgan fingerprint density at radius 1 is 1.29 bits per heavy atom. The Bertz CT molecular complexity index is 812. The van der Waals surface area contributed by atoms with Gasteiger partial charge in [-0.2, -0.15) is 8.42 Å². The molecule has 0 radical (unpaired) electrons. The summed E-state index contributed by atoms with van der Waals surface area (Å²) in [4.78, 5) is 15.3. The lowest BCUT2D eigenvalue weighted by Gasteiger charge is -2.50. The van der Waals surface area contributed by atoms with Crippen molar-refractivity contribution in [2.75, 3.05) is 27.0 Å². The van der Waals surface area contributed by atoms with Gasteiger partial charge < -0.3 is 4.74 Å². The van der Waals surface area contributed by atoms with Gasteiger partial charge in [0.1, 0.15) is 0 Å². The largest absolute Gasteiger partial charge is 0.469 e. The van der Waals surface area contributed by atoms with Gasteiger partial charge in [-0.1, -0.05) is 12.1 Å². The average Bonchev–Trinajstić information content (AvgIpc) is 2.88. The molecule has 0 aromatic heterocycles. The molecule has 2 fully saturated rings. The second-order valence-corrected chi connectivity index (χ2v) is 10.9. The van der Waals surface area contributed by atoms with E-state index < -0.39 is 10.1 Å². The van der Waals surface area contributed by atoms with Gasteiger partial charge in [0.15, 0.2) is 0 Å². The van der Waals surface area contributed by atoms with E-state index in [1.54, 1.807) is 0 Å². The molecule has 156 valence electrons. The quantitative estimate of drug-likeness (QED) is 0.238. The van der Waals surface area contributed by atoms with Crippen molar-refractivity contribution in [2.45, 2.75) is 49.6 Å². The number of halogens is 1. The van der Waals surface area contributed by atoms with Gasteiger partial charge >= 0.3 is 5.97 Å². The number of benzene rings is 1. The van der Waals surface area contributed by atoms with Crippen LogP contribution in [0.15, 0.2) is 24.3 Å². The van der Waals surface area contributed by atoms with Crippen LogP contribution in [0, 0.1) is 9.49 Å². The standard InChI is InChI=1S/C20H28INO5S/c1-22-16-9-10-17(22)18(19(23)26-2)20(13-16,11-4-12-27-28(3,24)25)14-5-7-15(21)8-6-14/h5-8,16-18H,4,9-13H2,1-3H3/t16?,17?,18-,20-/m0/s1. The number of esters is 1. The van der Waals surface area contributed by atoms with E-state index in [2.05, 4.69) is 58.8 Å². The molecule has 3 rings (SSSR count). The van der Waals surface area contributed by atoms with Crippen LogP contribution in [0.4, 0.5) is 0 Å². The van der Waals surface area contributed by atoms with Gasteiger partial charge in [-0.05, 0) is 79.4 Å². The van der Waals surface area contributed by atoms with Gasteiger partial charge in [0, 0.05) is 21.1 Å². The van der Waals surface area contributed by atoms with E-state index in [0.717, 1.165) is 34.7 Å². The Kier molecular flexibility index (Phi) is 6.73. The molecule has 0 spiro atoms. The number of rotatable bonds is 7. The van der Waals surface area contributed by atoms with E-state index in [1.807, 2.05) is 0 Å². The predicted molar refractivity (Wildman–Crippen MR) is 116 cm³/mol. The maximum atomic E-state index is 13.0. The normalized spacial score (nSPS) is 30.4. The summed E-state index contributed by atoms with van der Waals surface area (Å²) in [6.45, 7) is 0.129. The van der Waals surface area contributed by atoms with Crippen LogP contribution in [0.2, 0.25) is 0 Å². The Hall–Kier alpha value is -0.710. The molecular formula is C20H28INO5S. The lowest BCUT2D eigenvalue weighted by Crippen LogP contribution is -2.57. The number of hydrogen-bond acceptors (Lipinski definition) is 6. The lowest BCUT2D eigenvalue weighted by molar-refractivity contribution is -0.154. The molecular weight excluding hydrogens is 493 g/mol. The van der Waals surface area contributed by atoms with Crippen molar-refractivity contribution in [1.29, 1.82) is 0 Å². The van der Waals surface area contributed by atoms with Gasteiger partial charge in [-0.3, -0.25) is 13.9 Å². The third-order valence-corrected chi connectivity index (χ3v) is 7.73. The molecule has 2 bridgehead atoms. The highest BCUT2D eigenvalue weighted by Crippen LogP contribution is 2.53. The van der Waals surface area contributed by atoms with Crippen molar-refractivity contribution in [1.82, 2.24) is 4.90 Å². The van der Waals surface area contributed by atoms with Gasteiger partial charge in [0.2, 0.25) is 0 Å². The SMILES string of the molecule is COC(=O)[C@@H]1C2CCC(C[C@@]1(CCCOS(C)(=O)=O)c1ccc(I)cc1)N2C. The fraction of sp³-hybridized carbons (Fsp3) is 0.650. The Morgan fingerprint density at radius 2 is 1.96 bits per heavy atom. The molecule has 1 aromatic rings. The zero-order chi connectivity index (χ0) is 20.5. The summed E-state index contributed by atoms with van der Waals surface area (Å²) in [5.74, 6) is -0.459. The van der Waals surface area contributed by atoms with Crippen LogP contribution >= 0.6 is 22.6 Å². The minimum atomic E-state index is -3.47. The van der Waals surface area contributed by atoms with E-state index in [0.29, 0.717) is 18.9 Å². The monoisotopic (exact) mass is 521 g/mol. The molecule has 8 heteroatoms. The number of fused-ring (bicyclic) bond motifs is 2. The maximum Gasteiger partial charge on any atom is 0.311 e. The summed E-state index contributed by atoms with van der Waals surface area (Å²) in [5.41, 5.74) is 0.754. The molecule has 0 aliphatic carbocycles. The number of nitrogens with zero attached hydrogens (tertiary/aromatic N) is 1. The lowest BCUT2D eigenvalue weighted by atomic mass is 9.60. The molecule has 28 heavy (non-hydrogen) atoms. The van der Waals surface area contributed by atoms with Crippen molar-refractivity contribution in [2.24, 2.45) is 5.92 Å². The number of ether oxygens (including phenoxy) is 1. The Labute approximate surface area is 181 Å². The first kappa shape index (κ1) is 22.0. The minimum Gasteiger partial charge on any atom is -0.469 e. The Morgan fingerprint density at radius 3 is 2.57 bits per heavy atom. The molecule has 2 heterocycles. The highest BCUT2D eigenvalue weighted by Gasteiger charge is 2.57. The first-order valence-electron chi connectivity index (χ1n) is 9.58. The summed E-state index contributed by atoms with van der Waals surface area (Å²) < 4.78 is 34.1. The summed E-state index contributed by atoms with van der Waals surface area (Å²) in [6.07, 6.45) is 5.22. The fourth-order valence-electron chi connectivity index (χ4n) is 5.19. The predicted octanol–water partition coefficient (Wildman–Crippen LogP) is 2.94. The molecule has 1 aromatic carbocycles. The molecule has 6 nitrogen and oxygen atoms in total. The summed E-state index contributed by atoms with van der Waals surface area (Å²) in [7, 11) is 0.0828. The second-order valence-electron chi connectivity index (χ2n) is 7.96. The van der Waals surface area contributed by atoms with Crippen molar-refractivity contribution < 1.29 is 22.1 Å². The zero-order valence-electron chi connectivity index (χ0n) is 16.6. The third kappa shape index (κ3) is 4.39. The van der Waals surface area contributed by atoms with Crippen LogP contribution in [0.1, 0.15) is 37.7 Å². The van der Waals surface area contributed by atoms with Crippen LogP contribution in [0.5, 0.6) is 0 Å². The molecule has 2 saturated heterocycles. The number of methoxy groups -OCH3 is 1. The molecule has 0 amide bonds. The van der Waals surface area contributed by atoms with Crippen molar-refractivity contribution in [3.05, 3.63) is 33.4 Å². The topological polar surface area (TPSA) is 72.9 Å². The van der Waals surface area contributed by atoms with E-state index in [9.17, 15) is 13.2 Å². The highest BCUT2D eigenvalue weighted by molar-refractivity contribution is 14.1. The first-order chi connectivity index (χ1) is 13.2. The summed E-state index contributed by atoms with van der Waals surface area (Å²) >= 11 is 2.28. The second kappa shape index (κ2) is 8.57. The maximum absolute atomic E-state index is 13.0. The van der Waals surface area contributed by atoms with Gasteiger partial charge in [0.25, 0.3) is 10.1 Å². The van der Waals surface area contributed by atoms with Crippen LogP contribution in [0.3, 0.4) is 0 Å².